The maximum atomic E-state index is 11.4. The lowest BCUT2D eigenvalue weighted by Crippen LogP contribution is -2.07. The summed E-state index contributed by atoms with van der Waals surface area (Å²) in [6.45, 7) is 4.05. The van der Waals surface area contributed by atoms with E-state index in [9.17, 15) is 9.90 Å². The van der Waals surface area contributed by atoms with Gasteiger partial charge in [0.1, 0.15) is 5.56 Å². The number of aromatic carboxylic acids is 1. The first kappa shape index (κ1) is 14.3. The van der Waals surface area contributed by atoms with Crippen molar-refractivity contribution >= 4 is 5.97 Å². The summed E-state index contributed by atoms with van der Waals surface area (Å²) >= 11 is 0. The van der Waals surface area contributed by atoms with E-state index in [4.69, 9.17) is 4.52 Å². The zero-order valence-corrected chi connectivity index (χ0v) is 11.8. The third-order valence-corrected chi connectivity index (χ3v) is 3.39. The van der Waals surface area contributed by atoms with Crippen molar-refractivity contribution in [3.63, 3.8) is 0 Å². The summed E-state index contributed by atoms with van der Waals surface area (Å²) in [7, 11) is 0. The molecule has 1 atom stereocenters. The van der Waals surface area contributed by atoms with E-state index in [1.165, 1.54) is 5.56 Å². The Hall–Kier alpha value is -2.10. The summed E-state index contributed by atoms with van der Waals surface area (Å²) in [6.07, 6.45) is 2.01. The van der Waals surface area contributed by atoms with Crippen LogP contribution in [0.2, 0.25) is 0 Å². The first-order valence-electron chi connectivity index (χ1n) is 6.89. The van der Waals surface area contributed by atoms with E-state index in [1.54, 1.807) is 0 Å². The quantitative estimate of drug-likeness (QED) is 0.872. The topological polar surface area (TPSA) is 63.3 Å². The molecule has 1 aromatic carbocycles. The molecule has 0 aliphatic carbocycles. The average molecular weight is 273 g/mol. The van der Waals surface area contributed by atoms with E-state index in [-0.39, 0.29) is 11.5 Å². The van der Waals surface area contributed by atoms with E-state index in [1.807, 2.05) is 37.3 Å². The zero-order valence-electron chi connectivity index (χ0n) is 11.8. The van der Waals surface area contributed by atoms with Crippen molar-refractivity contribution in [1.29, 1.82) is 0 Å². The smallest absolute Gasteiger partial charge is 0.341 e. The fourth-order valence-electron chi connectivity index (χ4n) is 2.33. The van der Waals surface area contributed by atoms with Gasteiger partial charge in [-0.3, -0.25) is 0 Å². The lowest BCUT2D eigenvalue weighted by Gasteiger charge is -2.10. The Bertz CT molecular complexity index is 575. The predicted octanol–water partition coefficient (Wildman–Crippen LogP) is 3.67. The highest BCUT2D eigenvalue weighted by molar-refractivity contribution is 5.90. The Morgan fingerprint density at radius 1 is 1.35 bits per heavy atom. The van der Waals surface area contributed by atoms with Crippen molar-refractivity contribution < 1.29 is 14.4 Å². The van der Waals surface area contributed by atoms with E-state index in [0.29, 0.717) is 24.3 Å². The summed E-state index contributed by atoms with van der Waals surface area (Å²) in [5.74, 6) is -0.269. The van der Waals surface area contributed by atoms with Gasteiger partial charge in [-0.1, -0.05) is 49.3 Å². The molecule has 1 aromatic heterocycles. The summed E-state index contributed by atoms with van der Waals surface area (Å²) in [4.78, 5) is 11.4. The highest BCUT2D eigenvalue weighted by Crippen LogP contribution is 2.24. The van der Waals surface area contributed by atoms with E-state index < -0.39 is 5.97 Å². The molecule has 0 saturated carbocycles. The number of carboxylic acid groups (broad SMARTS) is 1. The van der Waals surface area contributed by atoms with Gasteiger partial charge in [-0.15, -0.1) is 0 Å². The number of carbonyl (C=O) groups is 1. The van der Waals surface area contributed by atoms with Crippen LogP contribution in [0, 0.1) is 0 Å². The molecule has 0 spiro atoms. The first-order chi connectivity index (χ1) is 9.63. The molecule has 20 heavy (non-hydrogen) atoms. The molecule has 2 aromatic rings. The van der Waals surface area contributed by atoms with Gasteiger partial charge in [-0.25, -0.2) is 4.79 Å². The maximum Gasteiger partial charge on any atom is 0.341 e. The lowest BCUT2D eigenvalue weighted by molar-refractivity contribution is 0.0693. The standard InChI is InChI=1S/C16H19NO3/c1-3-7-14-15(16(18)19)13(17-20-14)10-11(2)12-8-5-4-6-9-12/h4-6,8-9,11H,3,7,10H2,1-2H3,(H,18,19). The number of hydrogen-bond acceptors (Lipinski definition) is 3. The van der Waals surface area contributed by atoms with Crippen molar-refractivity contribution in [3.8, 4) is 0 Å². The minimum absolute atomic E-state index is 0.203. The van der Waals surface area contributed by atoms with Gasteiger partial charge in [0.05, 0.1) is 5.69 Å². The second-order valence-electron chi connectivity index (χ2n) is 5.00. The number of benzene rings is 1. The number of aryl methyl sites for hydroxylation is 1. The average Bonchev–Trinajstić information content (AvgIpc) is 2.83. The van der Waals surface area contributed by atoms with Crippen LogP contribution in [0.1, 0.15) is 53.6 Å². The van der Waals surface area contributed by atoms with Crippen molar-refractivity contribution in [2.45, 2.75) is 39.0 Å². The van der Waals surface area contributed by atoms with Crippen LogP contribution >= 0.6 is 0 Å². The van der Waals surface area contributed by atoms with Gasteiger partial charge in [0.15, 0.2) is 5.76 Å². The fourth-order valence-corrected chi connectivity index (χ4v) is 2.33. The fraction of sp³-hybridized carbons (Fsp3) is 0.375. The Kier molecular flexibility index (Phi) is 4.56. The van der Waals surface area contributed by atoms with Gasteiger partial charge >= 0.3 is 5.97 Å². The van der Waals surface area contributed by atoms with Crippen LogP contribution in [0.3, 0.4) is 0 Å². The molecule has 0 aliphatic heterocycles. The number of nitrogens with zero attached hydrogens (tertiary/aromatic N) is 1. The van der Waals surface area contributed by atoms with Crippen LogP contribution in [0.25, 0.3) is 0 Å². The lowest BCUT2D eigenvalue weighted by atomic mass is 9.94. The highest BCUT2D eigenvalue weighted by Gasteiger charge is 2.23. The van der Waals surface area contributed by atoms with Gasteiger partial charge in [-0.05, 0) is 17.9 Å². The van der Waals surface area contributed by atoms with Crippen LogP contribution in [0.4, 0.5) is 0 Å². The molecule has 0 amide bonds. The second kappa shape index (κ2) is 6.37. The molecular formula is C16H19NO3. The van der Waals surface area contributed by atoms with Crippen LogP contribution in [0.5, 0.6) is 0 Å². The summed E-state index contributed by atoms with van der Waals surface area (Å²) in [6, 6.07) is 10.0. The molecule has 0 fully saturated rings. The SMILES string of the molecule is CCCc1onc(CC(C)c2ccccc2)c1C(=O)O. The minimum atomic E-state index is -0.954. The molecule has 1 unspecified atom stereocenters. The number of aromatic nitrogens is 1. The van der Waals surface area contributed by atoms with E-state index in [2.05, 4.69) is 12.1 Å². The molecule has 0 saturated heterocycles. The van der Waals surface area contributed by atoms with Gasteiger partial charge < -0.3 is 9.63 Å². The van der Waals surface area contributed by atoms with Crippen LogP contribution in [-0.2, 0) is 12.8 Å². The Morgan fingerprint density at radius 2 is 2.05 bits per heavy atom. The first-order valence-corrected chi connectivity index (χ1v) is 6.89. The molecule has 106 valence electrons. The van der Waals surface area contributed by atoms with Gasteiger partial charge in [-0.2, -0.15) is 0 Å². The predicted molar refractivity (Wildman–Crippen MR) is 76.0 cm³/mol. The molecule has 0 radical (unpaired) electrons. The monoisotopic (exact) mass is 273 g/mol. The van der Waals surface area contributed by atoms with Crippen molar-refractivity contribution in [2.24, 2.45) is 0 Å². The normalized spacial score (nSPS) is 12.3. The van der Waals surface area contributed by atoms with Crippen molar-refractivity contribution in [3.05, 3.63) is 52.9 Å². The van der Waals surface area contributed by atoms with Gasteiger partial charge in [0, 0.05) is 12.8 Å². The second-order valence-corrected chi connectivity index (χ2v) is 5.00. The van der Waals surface area contributed by atoms with Crippen molar-refractivity contribution in [1.82, 2.24) is 5.16 Å². The molecule has 0 aliphatic rings. The van der Waals surface area contributed by atoms with Crippen molar-refractivity contribution in [2.75, 3.05) is 0 Å². The van der Waals surface area contributed by atoms with E-state index >= 15 is 0 Å². The van der Waals surface area contributed by atoms with Crippen LogP contribution in [-0.4, -0.2) is 16.2 Å². The zero-order chi connectivity index (χ0) is 14.5. The third kappa shape index (κ3) is 3.07. The highest BCUT2D eigenvalue weighted by atomic mass is 16.5. The largest absolute Gasteiger partial charge is 0.477 e. The van der Waals surface area contributed by atoms with Gasteiger partial charge in [0.2, 0.25) is 0 Å². The molecule has 4 heteroatoms. The Labute approximate surface area is 118 Å². The molecule has 0 bridgehead atoms. The van der Waals surface area contributed by atoms with Crippen LogP contribution < -0.4 is 0 Å². The Morgan fingerprint density at radius 3 is 2.65 bits per heavy atom. The van der Waals surface area contributed by atoms with Crippen LogP contribution in [0.15, 0.2) is 34.9 Å². The molecule has 1 N–H and O–H groups in total. The van der Waals surface area contributed by atoms with E-state index in [0.717, 1.165) is 6.42 Å². The molecule has 4 nitrogen and oxygen atoms in total. The Balaban J connectivity index is 2.23. The molecule has 2 rings (SSSR count). The number of carboxylic acids is 1. The van der Waals surface area contributed by atoms with Gasteiger partial charge in [0.25, 0.3) is 0 Å². The molecule has 1 heterocycles. The summed E-state index contributed by atoms with van der Waals surface area (Å²) < 4.78 is 5.20. The number of hydrogen-bond donors (Lipinski definition) is 1. The molecular weight excluding hydrogens is 254 g/mol. The summed E-state index contributed by atoms with van der Waals surface area (Å²) in [5, 5.41) is 13.3. The number of rotatable bonds is 6. The minimum Gasteiger partial charge on any atom is -0.477 e. The third-order valence-electron chi connectivity index (χ3n) is 3.39. The summed E-state index contributed by atoms with van der Waals surface area (Å²) in [5.41, 5.74) is 1.95. The maximum absolute atomic E-state index is 11.4.